The number of amides is 1. The SMILES string of the molecule is Cc1nc(C(=O)N2[C@H](CN)C[C@@H]3C[C@@H]32)c(-c2cccc(F)c2)s1.O=C(O)c1cccc2c1CCO2. The van der Waals surface area contributed by atoms with E-state index in [0.717, 1.165) is 34.0 Å². The number of fused-ring (bicyclic) bond motifs is 2. The van der Waals surface area contributed by atoms with Crippen LogP contribution < -0.4 is 10.5 Å². The highest BCUT2D eigenvalue weighted by Crippen LogP contribution is 2.48. The lowest BCUT2D eigenvalue weighted by Gasteiger charge is -2.26. The molecule has 9 heteroatoms. The van der Waals surface area contributed by atoms with Gasteiger partial charge in [0.2, 0.25) is 0 Å². The summed E-state index contributed by atoms with van der Waals surface area (Å²) < 4.78 is 18.8. The van der Waals surface area contributed by atoms with Crippen LogP contribution in [0.2, 0.25) is 0 Å². The Morgan fingerprint density at radius 1 is 1.26 bits per heavy atom. The molecule has 0 radical (unpaired) electrons. The number of piperidine rings is 1. The molecule has 1 saturated heterocycles. The average Bonchev–Trinajstić information content (AvgIpc) is 3.19. The maximum absolute atomic E-state index is 13.6. The van der Waals surface area contributed by atoms with Crippen LogP contribution in [0.5, 0.6) is 5.75 Å². The molecule has 0 spiro atoms. The summed E-state index contributed by atoms with van der Waals surface area (Å²) in [6.45, 7) is 2.95. The van der Waals surface area contributed by atoms with E-state index in [9.17, 15) is 14.0 Å². The van der Waals surface area contributed by atoms with Gasteiger partial charge in [-0.15, -0.1) is 11.3 Å². The van der Waals surface area contributed by atoms with Gasteiger partial charge < -0.3 is 20.5 Å². The van der Waals surface area contributed by atoms with Gasteiger partial charge in [0.05, 0.1) is 22.1 Å². The van der Waals surface area contributed by atoms with E-state index in [-0.39, 0.29) is 17.8 Å². The number of nitrogens with two attached hydrogens (primary N) is 1. The van der Waals surface area contributed by atoms with Crippen LogP contribution in [0.25, 0.3) is 10.4 Å². The monoisotopic (exact) mass is 495 g/mol. The number of carboxylic acids is 1. The second kappa shape index (κ2) is 9.39. The van der Waals surface area contributed by atoms with Crippen LogP contribution in [0.15, 0.2) is 42.5 Å². The van der Waals surface area contributed by atoms with E-state index in [1.54, 1.807) is 24.3 Å². The molecule has 6 rings (SSSR count). The van der Waals surface area contributed by atoms with Crippen molar-refractivity contribution in [3.05, 3.63) is 70.1 Å². The number of hydrogen-bond acceptors (Lipinski definition) is 6. The average molecular weight is 496 g/mol. The van der Waals surface area contributed by atoms with E-state index in [1.165, 1.54) is 23.5 Å². The van der Waals surface area contributed by atoms with Crippen molar-refractivity contribution in [2.24, 2.45) is 11.7 Å². The molecule has 182 valence electrons. The van der Waals surface area contributed by atoms with Crippen LogP contribution in [0.4, 0.5) is 4.39 Å². The van der Waals surface area contributed by atoms with Gasteiger partial charge in [0.25, 0.3) is 5.91 Å². The highest BCUT2D eigenvalue weighted by atomic mass is 32.1. The summed E-state index contributed by atoms with van der Waals surface area (Å²) in [6, 6.07) is 11.9. The van der Waals surface area contributed by atoms with Gasteiger partial charge >= 0.3 is 5.97 Å². The van der Waals surface area contributed by atoms with Crippen molar-refractivity contribution < 1.29 is 23.8 Å². The fraction of sp³-hybridized carbons (Fsp3) is 0.346. The summed E-state index contributed by atoms with van der Waals surface area (Å²) in [6.07, 6.45) is 2.77. The van der Waals surface area contributed by atoms with E-state index in [2.05, 4.69) is 4.98 Å². The first-order chi connectivity index (χ1) is 16.9. The minimum absolute atomic E-state index is 0.0611. The number of nitrogens with zero attached hydrogens (tertiary/aromatic N) is 2. The number of likely N-dealkylation sites (tertiary alicyclic amines) is 1. The molecule has 2 aliphatic heterocycles. The first-order valence-electron chi connectivity index (χ1n) is 11.6. The van der Waals surface area contributed by atoms with Crippen LogP contribution >= 0.6 is 11.3 Å². The minimum atomic E-state index is -0.877. The maximum Gasteiger partial charge on any atom is 0.336 e. The van der Waals surface area contributed by atoms with Crippen molar-refractivity contribution in [2.45, 2.75) is 38.3 Å². The van der Waals surface area contributed by atoms with Gasteiger partial charge in [-0.3, -0.25) is 4.79 Å². The normalized spacial score (nSPS) is 21.5. The highest BCUT2D eigenvalue weighted by Gasteiger charge is 2.54. The van der Waals surface area contributed by atoms with Crippen LogP contribution in [0.3, 0.4) is 0 Å². The molecule has 1 amide bonds. The van der Waals surface area contributed by atoms with Gasteiger partial charge in [0, 0.05) is 30.6 Å². The Balaban J connectivity index is 0.000000178. The maximum atomic E-state index is 13.6. The third-order valence-electron chi connectivity index (χ3n) is 6.71. The molecule has 2 aromatic carbocycles. The number of carboxylic acid groups (broad SMARTS) is 1. The number of aryl methyl sites for hydroxylation is 1. The predicted octanol–water partition coefficient (Wildman–Crippen LogP) is 4.14. The van der Waals surface area contributed by atoms with Crippen LogP contribution in [0.1, 0.15) is 44.3 Å². The number of thiazole rings is 1. The largest absolute Gasteiger partial charge is 0.493 e. The topological polar surface area (TPSA) is 106 Å². The van der Waals surface area contributed by atoms with Crippen LogP contribution in [0, 0.1) is 18.7 Å². The molecule has 1 aromatic heterocycles. The van der Waals surface area contributed by atoms with Crippen LogP contribution in [-0.2, 0) is 6.42 Å². The number of aromatic carboxylic acids is 1. The first-order valence-corrected chi connectivity index (χ1v) is 12.4. The zero-order valence-corrected chi connectivity index (χ0v) is 20.1. The number of aromatic nitrogens is 1. The molecule has 1 aliphatic carbocycles. The molecule has 3 heterocycles. The van der Waals surface area contributed by atoms with Gasteiger partial charge in [0.1, 0.15) is 17.3 Å². The third kappa shape index (κ3) is 4.53. The van der Waals surface area contributed by atoms with Crippen molar-refractivity contribution >= 4 is 23.2 Å². The van der Waals surface area contributed by atoms with Crippen molar-refractivity contribution in [3.8, 4) is 16.2 Å². The van der Waals surface area contributed by atoms with E-state index in [4.69, 9.17) is 15.6 Å². The summed E-state index contributed by atoms with van der Waals surface area (Å²) in [5, 5.41) is 9.60. The number of ether oxygens (including phenoxy) is 1. The Morgan fingerprint density at radius 3 is 2.80 bits per heavy atom. The molecular formula is C26H26FN3O4S. The van der Waals surface area contributed by atoms with Gasteiger partial charge in [-0.2, -0.15) is 0 Å². The second-order valence-electron chi connectivity index (χ2n) is 9.01. The Kier molecular flexibility index (Phi) is 6.29. The number of carbonyl (C=O) groups excluding carboxylic acids is 1. The molecule has 1 saturated carbocycles. The zero-order valence-electron chi connectivity index (χ0n) is 19.2. The summed E-state index contributed by atoms with van der Waals surface area (Å²) >= 11 is 1.43. The molecule has 35 heavy (non-hydrogen) atoms. The molecule has 7 nitrogen and oxygen atoms in total. The fourth-order valence-electron chi connectivity index (χ4n) is 5.03. The van der Waals surface area contributed by atoms with E-state index in [0.29, 0.717) is 48.4 Å². The molecule has 2 fully saturated rings. The number of benzene rings is 2. The van der Waals surface area contributed by atoms with Gasteiger partial charge in [-0.25, -0.2) is 14.2 Å². The summed E-state index contributed by atoms with van der Waals surface area (Å²) in [5.41, 5.74) is 8.16. The number of rotatable bonds is 4. The number of hydrogen-bond donors (Lipinski definition) is 2. The minimum Gasteiger partial charge on any atom is -0.493 e. The molecule has 3 atom stereocenters. The lowest BCUT2D eigenvalue weighted by molar-refractivity contribution is 0.0689. The molecule has 3 aliphatic rings. The highest BCUT2D eigenvalue weighted by molar-refractivity contribution is 7.15. The Labute approximate surface area is 206 Å². The first kappa shape index (κ1) is 23.4. The Morgan fingerprint density at radius 2 is 2.06 bits per heavy atom. The van der Waals surface area contributed by atoms with Gasteiger partial charge in [-0.05, 0) is 55.5 Å². The summed E-state index contributed by atoms with van der Waals surface area (Å²) in [7, 11) is 0. The zero-order chi connectivity index (χ0) is 24.7. The quantitative estimate of drug-likeness (QED) is 0.564. The second-order valence-corrected chi connectivity index (χ2v) is 10.2. The molecule has 3 N–H and O–H groups in total. The Hall–Kier alpha value is -3.30. The molecule has 0 bridgehead atoms. The molecular weight excluding hydrogens is 469 g/mol. The lowest BCUT2D eigenvalue weighted by Crippen LogP contribution is -2.42. The standard InChI is InChI=1S/C17H18FN3OS.C9H8O3/c1-9-20-15(16(23-9)10-3-2-4-12(18)5-10)17(22)21-13(8-19)6-11-7-14(11)21;10-9(11)7-2-1-3-8-6(7)4-5-12-8/h2-5,11,13-14H,6-8,19H2,1H3;1-3H,4-5H2,(H,10,11)/t11-,13+,14+;/m1./s1. The number of carbonyl (C=O) groups is 2. The van der Waals surface area contributed by atoms with Gasteiger partial charge in [-0.1, -0.05) is 18.2 Å². The van der Waals surface area contributed by atoms with Crippen molar-refractivity contribution in [1.29, 1.82) is 0 Å². The van der Waals surface area contributed by atoms with Crippen molar-refractivity contribution in [2.75, 3.05) is 13.2 Å². The smallest absolute Gasteiger partial charge is 0.336 e. The van der Waals surface area contributed by atoms with E-state index >= 15 is 0 Å². The van der Waals surface area contributed by atoms with Crippen molar-refractivity contribution in [3.63, 3.8) is 0 Å². The molecule has 3 aromatic rings. The number of halogens is 1. The fourth-order valence-corrected chi connectivity index (χ4v) is 5.93. The van der Waals surface area contributed by atoms with Gasteiger partial charge in [0.15, 0.2) is 0 Å². The van der Waals surface area contributed by atoms with E-state index in [1.807, 2.05) is 17.9 Å². The molecule has 0 unspecified atom stereocenters. The summed E-state index contributed by atoms with van der Waals surface area (Å²) in [5.74, 6) is 0.0707. The van der Waals surface area contributed by atoms with Crippen LogP contribution in [-0.4, -0.2) is 52.1 Å². The summed E-state index contributed by atoms with van der Waals surface area (Å²) in [4.78, 5) is 30.9. The van der Waals surface area contributed by atoms with E-state index < -0.39 is 5.97 Å². The Bertz CT molecular complexity index is 1290. The van der Waals surface area contributed by atoms with Crippen molar-refractivity contribution in [1.82, 2.24) is 9.88 Å². The lowest BCUT2D eigenvalue weighted by atomic mass is 10.1. The third-order valence-corrected chi connectivity index (χ3v) is 7.73. The predicted molar refractivity (Wildman–Crippen MR) is 130 cm³/mol.